The zero-order chi connectivity index (χ0) is 10.0. The fourth-order valence-electron chi connectivity index (χ4n) is 1.04. The molecule has 0 aliphatic rings. The van der Waals surface area contributed by atoms with Crippen molar-refractivity contribution in [2.24, 2.45) is 0 Å². The Kier molecular flexibility index (Phi) is 4.19. The maximum atomic E-state index is 10.8. The first-order valence-corrected chi connectivity index (χ1v) is 6.15. The normalized spacial score (nSPS) is 12.6. The number of hydrogen-bond acceptors (Lipinski definition) is 1. The van der Waals surface area contributed by atoms with E-state index < -0.39 is 5.24 Å². The molecule has 0 unspecified atom stereocenters. The van der Waals surface area contributed by atoms with E-state index in [0.29, 0.717) is 5.56 Å². The van der Waals surface area contributed by atoms with Gasteiger partial charge in [0.1, 0.15) is 0 Å². The molecule has 1 aromatic rings. The topological polar surface area (TPSA) is 17.1 Å². The minimum Gasteiger partial charge on any atom is -0.276 e. The smallest absolute Gasteiger partial charge is 0.252 e. The van der Waals surface area contributed by atoms with Gasteiger partial charge in [-0.25, -0.2) is 0 Å². The Bertz CT molecular complexity index is 338. The fourth-order valence-corrected chi connectivity index (χ4v) is 2.37. The molecular formula is C9H7BrClIO. The lowest BCUT2D eigenvalue weighted by Crippen LogP contribution is -1.93. The zero-order valence-corrected chi connectivity index (χ0v) is 11.4. The molecule has 1 nitrogen and oxygen atoms in total. The fraction of sp³-hybridized carbons (Fsp3) is 0.222. The molecule has 1 aromatic carbocycles. The van der Waals surface area contributed by atoms with Gasteiger partial charge in [0, 0.05) is 5.56 Å². The molecule has 0 bridgehead atoms. The number of hydrogen-bond donors (Lipinski definition) is 0. The highest BCUT2D eigenvalue weighted by Crippen LogP contribution is 2.32. The maximum Gasteiger partial charge on any atom is 0.252 e. The van der Waals surface area contributed by atoms with E-state index >= 15 is 0 Å². The summed E-state index contributed by atoms with van der Waals surface area (Å²) in [4.78, 5) is 10.8. The lowest BCUT2D eigenvalue weighted by Gasteiger charge is -2.07. The van der Waals surface area contributed by atoms with E-state index in [1.165, 1.54) is 5.56 Å². The van der Waals surface area contributed by atoms with Gasteiger partial charge >= 0.3 is 0 Å². The van der Waals surface area contributed by atoms with Crippen LogP contribution in [0.2, 0.25) is 0 Å². The van der Waals surface area contributed by atoms with Crippen LogP contribution in [0.15, 0.2) is 18.2 Å². The van der Waals surface area contributed by atoms with Gasteiger partial charge in [-0.15, -0.1) is 0 Å². The first-order valence-electron chi connectivity index (χ1n) is 3.61. The van der Waals surface area contributed by atoms with Gasteiger partial charge in [0.25, 0.3) is 5.24 Å². The molecule has 0 saturated carbocycles. The first kappa shape index (κ1) is 11.5. The molecule has 0 aromatic heterocycles. The van der Waals surface area contributed by atoms with E-state index in [4.69, 9.17) is 11.6 Å². The summed E-state index contributed by atoms with van der Waals surface area (Å²) in [5.41, 5.74) is 2.79. The van der Waals surface area contributed by atoms with E-state index in [1.54, 1.807) is 12.1 Å². The summed E-state index contributed by atoms with van der Waals surface area (Å²) < 4.78 is 0.268. The Labute approximate surface area is 104 Å². The third kappa shape index (κ3) is 2.92. The van der Waals surface area contributed by atoms with Crippen LogP contribution >= 0.6 is 50.1 Å². The quantitative estimate of drug-likeness (QED) is 0.431. The maximum absolute atomic E-state index is 10.8. The van der Waals surface area contributed by atoms with E-state index in [0.717, 1.165) is 5.56 Å². The Hall–Kier alpha value is 0.390. The van der Waals surface area contributed by atoms with Crippen molar-refractivity contribution in [2.75, 3.05) is 0 Å². The van der Waals surface area contributed by atoms with Crippen molar-refractivity contribution in [3.8, 4) is 0 Å². The Balaban J connectivity index is 3.13. The number of benzene rings is 1. The minimum atomic E-state index is -0.408. The number of rotatable bonds is 2. The molecular weight excluding hydrogens is 366 g/mol. The Morgan fingerprint density at radius 3 is 2.62 bits per heavy atom. The van der Waals surface area contributed by atoms with E-state index in [2.05, 4.69) is 38.5 Å². The summed E-state index contributed by atoms with van der Waals surface area (Å²) in [5, 5.41) is -0.408. The van der Waals surface area contributed by atoms with Crippen LogP contribution in [0.4, 0.5) is 0 Å². The lowest BCUT2D eigenvalue weighted by atomic mass is 10.1. The number of aryl methyl sites for hydroxylation is 1. The van der Waals surface area contributed by atoms with Gasteiger partial charge in [-0.2, -0.15) is 0 Å². The van der Waals surface area contributed by atoms with Crippen LogP contribution < -0.4 is 0 Å². The Morgan fingerprint density at radius 1 is 1.62 bits per heavy atom. The van der Waals surface area contributed by atoms with Gasteiger partial charge in [-0.05, 0) is 41.8 Å². The zero-order valence-electron chi connectivity index (χ0n) is 6.85. The van der Waals surface area contributed by atoms with Crippen molar-refractivity contribution in [2.45, 2.75) is 9.76 Å². The van der Waals surface area contributed by atoms with Gasteiger partial charge in [-0.1, -0.05) is 44.6 Å². The highest BCUT2D eigenvalue weighted by Gasteiger charge is 2.08. The number of carbonyl (C=O) groups excluding carboxylic acids is 1. The second-order valence-corrected chi connectivity index (χ2v) is 6.86. The summed E-state index contributed by atoms with van der Waals surface area (Å²) in [5.74, 6) is 0. The SMILES string of the molecule is Cc1cc(C(=O)Cl)ccc1[C@H](Br)I. The van der Waals surface area contributed by atoms with Crippen molar-refractivity contribution < 1.29 is 4.79 Å². The second kappa shape index (κ2) is 4.75. The summed E-state index contributed by atoms with van der Waals surface area (Å²) >= 11 is 11.1. The van der Waals surface area contributed by atoms with Crippen LogP contribution in [-0.4, -0.2) is 5.24 Å². The summed E-state index contributed by atoms with van der Waals surface area (Å²) in [6.45, 7) is 1.96. The van der Waals surface area contributed by atoms with Crippen molar-refractivity contribution in [1.82, 2.24) is 0 Å². The van der Waals surface area contributed by atoms with Crippen LogP contribution in [0.3, 0.4) is 0 Å². The summed E-state index contributed by atoms with van der Waals surface area (Å²) in [6, 6.07) is 5.46. The second-order valence-electron chi connectivity index (χ2n) is 2.65. The monoisotopic (exact) mass is 372 g/mol. The van der Waals surface area contributed by atoms with Gasteiger partial charge in [0.15, 0.2) is 0 Å². The third-order valence-corrected chi connectivity index (χ3v) is 3.11. The molecule has 0 aliphatic carbocycles. The molecule has 0 heterocycles. The van der Waals surface area contributed by atoms with Crippen LogP contribution in [0.1, 0.15) is 24.3 Å². The van der Waals surface area contributed by atoms with Gasteiger partial charge in [0.2, 0.25) is 0 Å². The summed E-state index contributed by atoms with van der Waals surface area (Å²) in [6.07, 6.45) is 0. The molecule has 0 amide bonds. The number of carbonyl (C=O) groups is 1. The number of alkyl halides is 2. The van der Waals surface area contributed by atoms with Gasteiger partial charge in [-0.3, -0.25) is 4.79 Å². The van der Waals surface area contributed by atoms with Gasteiger partial charge in [0.05, 0.1) is 2.83 Å². The highest BCUT2D eigenvalue weighted by atomic mass is 127. The van der Waals surface area contributed by atoms with Crippen LogP contribution in [0, 0.1) is 6.92 Å². The molecule has 0 aliphatic heterocycles. The molecule has 0 N–H and O–H groups in total. The van der Waals surface area contributed by atoms with E-state index in [9.17, 15) is 4.79 Å². The summed E-state index contributed by atoms with van der Waals surface area (Å²) in [7, 11) is 0. The molecule has 0 radical (unpaired) electrons. The average molecular weight is 373 g/mol. The molecule has 13 heavy (non-hydrogen) atoms. The van der Waals surface area contributed by atoms with Gasteiger partial charge < -0.3 is 0 Å². The third-order valence-electron chi connectivity index (χ3n) is 1.73. The van der Waals surface area contributed by atoms with Crippen molar-refractivity contribution >= 4 is 55.4 Å². The Morgan fingerprint density at radius 2 is 2.23 bits per heavy atom. The highest BCUT2D eigenvalue weighted by molar-refractivity contribution is 14.1. The molecule has 0 spiro atoms. The number of halogens is 3. The minimum absolute atomic E-state index is 0.268. The first-order chi connectivity index (χ1) is 6.02. The van der Waals surface area contributed by atoms with Crippen molar-refractivity contribution in [3.05, 3.63) is 34.9 Å². The largest absolute Gasteiger partial charge is 0.276 e. The predicted octanol–water partition coefficient (Wildman–Crippen LogP) is 4.20. The molecule has 1 rings (SSSR count). The molecule has 1 atom stereocenters. The standard InChI is InChI=1S/C9H7BrClIO/c1-5-4-6(9(11)13)2-3-7(5)8(10)12/h2-4,8H,1H3/t8-/m1/s1. The predicted molar refractivity (Wildman–Crippen MR) is 67.1 cm³/mol. The lowest BCUT2D eigenvalue weighted by molar-refractivity contribution is 0.108. The van der Waals surface area contributed by atoms with Crippen molar-refractivity contribution in [3.63, 3.8) is 0 Å². The molecule has 70 valence electrons. The van der Waals surface area contributed by atoms with E-state index in [-0.39, 0.29) is 2.83 Å². The van der Waals surface area contributed by atoms with Crippen LogP contribution in [0.5, 0.6) is 0 Å². The van der Waals surface area contributed by atoms with Crippen LogP contribution in [-0.2, 0) is 0 Å². The molecule has 4 heteroatoms. The van der Waals surface area contributed by atoms with E-state index in [1.807, 2.05) is 13.0 Å². The molecule has 0 saturated heterocycles. The van der Waals surface area contributed by atoms with Crippen LogP contribution in [0.25, 0.3) is 0 Å². The molecule has 0 fully saturated rings. The average Bonchev–Trinajstić information content (AvgIpc) is 2.03. The van der Waals surface area contributed by atoms with Crippen molar-refractivity contribution in [1.29, 1.82) is 0 Å².